The lowest BCUT2D eigenvalue weighted by Crippen LogP contribution is -2.66. The summed E-state index contributed by atoms with van der Waals surface area (Å²) in [5.74, 6) is 0.691. The van der Waals surface area contributed by atoms with Crippen molar-refractivity contribution in [2.24, 2.45) is 22.7 Å². The Kier molecular flexibility index (Phi) is 4.16. The first-order chi connectivity index (χ1) is 10.7. The van der Waals surface area contributed by atoms with Crippen LogP contribution in [0.5, 0.6) is 0 Å². The van der Waals surface area contributed by atoms with Crippen LogP contribution in [0, 0.1) is 22.7 Å². The van der Waals surface area contributed by atoms with E-state index in [0.29, 0.717) is 5.92 Å². The smallest absolute Gasteiger partial charge is 0.0893 e. The van der Waals surface area contributed by atoms with Crippen molar-refractivity contribution in [2.75, 3.05) is 13.2 Å². The summed E-state index contributed by atoms with van der Waals surface area (Å²) in [6.07, 6.45) is 5.15. The van der Waals surface area contributed by atoms with E-state index in [1.165, 1.54) is 0 Å². The predicted molar refractivity (Wildman–Crippen MR) is 89.0 cm³/mol. The Morgan fingerprint density at radius 2 is 1.65 bits per heavy atom. The van der Waals surface area contributed by atoms with Gasteiger partial charge in [0, 0.05) is 10.8 Å². The minimum atomic E-state index is -0.457. The SMILES string of the molecule is C[C@@H]1CC[C@H]2[C@](C)(CO)[C@@H](O)CC[C@]2(C)[C@@]12CC[C@](C)(CO)O2. The molecule has 1 heterocycles. The molecule has 0 radical (unpaired) electrons. The summed E-state index contributed by atoms with van der Waals surface area (Å²) in [7, 11) is 0. The molecule has 3 fully saturated rings. The second-order valence-electron chi connectivity index (χ2n) is 9.27. The molecule has 0 amide bonds. The highest BCUT2D eigenvalue weighted by molar-refractivity contribution is 5.17. The number of hydrogen-bond donors (Lipinski definition) is 3. The molecule has 1 spiro atoms. The third-order valence-electron chi connectivity index (χ3n) is 8.04. The van der Waals surface area contributed by atoms with Gasteiger partial charge in [0.05, 0.1) is 30.5 Å². The van der Waals surface area contributed by atoms with Crippen LogP contribution >= 0.6 is 0 Å². The molecule has 0 aromatic rings. The van der Waals surface area contributed by atoms with E-state index in [-0.39, 0.29) is 30.1 Å². The number of ether oxygens (including phenoxy) is 1. The number of hydrogen-bond acceptors (Lipinski definition) is 4. The van der Waals surface area contributed by atoms with E-state index >= 15 is 0 Å². The first-order valence-electron chi connectivity index (χ1n) is 9.27. The molecule has 0 aromatic carbocycles. The third-order valence-corrected chi connectivity index (χ3v) is 8.04. The van der Waals surface area contributed by atoms with E-state index in [0.717, 1.165) is 38.5 Å². The van der Waals surface area contributed by atoms with Crippen molar-refractivity contribution in [1.29, 1.82) is 0 Å². The maximum absolute atomic E-state index is 10.6. The number of aliphatic hydroxyl groups excluding tert-OH is 3. The van der Waals surface area contributed by atoms with Gasteiger partial charge in [0.25, 0.3) is 0 Å². The van der Waals surface area contributed by atoms with Gasteiger partial charge in [0.1, 0.15) is 0 Å². The fourth-order valence-corrected chi connectivity index (χ4v) is 6.34. The fraction of sp³-hybridized carbons (Fsp3) is 1.00. The zero-order valence-electron chi connectivity index (χ0n) is 15.1. The fourth-order valence-electron chi connectivity index (χ4n) is 6.34. The molecule has 3 N–H and O–H groups in total. The van der Waals surface area contributed by atoms with Crippen molar-refractivity contribution in [3.8, 4) is 0 Å². The summed E-state index contributed by atoms with van der Waals surface area (Å²) in [5, 5.41) is 30.5. The highest BCUT2D eigenvalue weighted by atomic mass is 16.5. The lowest BCUT2D eigenvalue weighted by atomic mass is 9.43. The third kappa shape index (κ3) is 2.18. The molecular weight excluding hydrogens is 292 g/mol. The first-order valence-corrected chi connectivity index (χ1v) is 9.27. The maximum atomic E-state index is 10.6. The van der Waals surface area contributed by atoms with Gasteiger partial charge in [-0.05, 0) is 57.3 Å². The molecule has 0 unspecified atom stereocenters. The molecule has 2 saturated carbocycles. The minimum absolute atomic E-state index is 0.0240. The van der Waals surface area contributed by atoms with Crippen molar-refractivity contribution < 1.29 is 20.1 Å². The standard InChI is InChI=1S/C19H34O4/c1-13-5-6-14-17(3,12-21)15(22)7-8-18(14,4)19(13)10-9-16(2,11-20)23-19/h13-15,20-22H,5-12H2,1-4H3/t13-,14+,15+,16-,17+,18+,19-/m1/s1. The molecule has 3 rings (SSSR count). The summed E-state index contributed by atoms with van der Waals surface area (Å²) in [6.45, 7) is 8.74. The van der Waals surface area contributed by atoms with E-state index in [1.807, 2.05) is 13.8 Å². The van der Waals surface area contributed by atoms with E-state index in [9.17, 15) is 15.3 Å². The van der Waals surface area contributed by atoms with Crippen molar-refractivity contribution >= 4 is 0 Å². The second-order valence-corrected chi connectivity index (χ2v) is 9.27. The molecule has 3 aliphatic rings. The summed E-state index contributed by atoms with van der Waals surface area (Å²) in [6, 6.07) is 0. The van der Waals surface area contributed by atoms with Gasteiger partial charge in [-0.1, -0.05) is 20.8 Å². The van der Waals surface area contributed by atoms with Crippen LogP contribution in [0.2, 0.25) is 0 Å². The van der Waals surface area contributed by atoms with Gasteiger partial charge in [-0.25, -0.2) is 0 Å². The predicted octanol–water partition coefficient (Wildman–Crippen LogP) is 2.49. The summed E-state index contributed by atoms with van der Waals surface area (Å²) in [4.78, 5) is 0. The Morgan fingerprint density at radius 3 is 2.22 bits per heavy atom. The monoisotopic (exact) mass is 326 g/mol. The zero-order chi connectivity index (χ0) is 17.1. The normalized spacial score (nSPS) is 56.7. The van der Waals surface area contributed by atoms with Gasteiger partial charge >= 0.3 is 0 Å². The van der Waals surface area contributed by atoms with Crippen LogP contribution < -0.4 is 0 Å². The lowest BCUT2D eigenvalue weighted by Gasteiger charge is -2.65. The van der Waals surface area contributed by atoms with Crippen LogP contribution in [-0.2, 0) is 4.74 Å². The molecule has 134 valence electrons. The molecular formula is C19H34O4. The lowest BCUT2D eigenvalue weighted by molar-refractivity contribution is -0.268. The number of rotatable bonds is 2. The summed E-state index contributed by atoms with van der Waals surface area (Å²) >= 11 is 0. The average Bonchev–Trinajstić information content (AvgIpc) is 2.90. The Hall–Kier alpha value is -0.160. The Morgan fingerprint density at radius 1 is 0.957 bits per heavy atom. The van der Waals surface area contributed by atoms with Gasteiger partial charge in [-0.2, -0.15) is 0 Å². The van der Waals surface area contributed by atoms with Crippen LogP contribution in [-0.4, -0.2) is 45.8 Å². The number of fused-ring (bicyclic) bond motifs is 2. The highest BCUT2D eigenvalue weighted by Crippen LogP contribution is 2.67. The largest absolute Gasteiger partial charge is 0.396 e. The molecule has 0 aromatic heterocycles. The number of aliphatic hydroxyl groups is 3. The van der Waals surface area contributed by atoms with E-state index in [2.05, 4.69) is 13.8 Å². The van der Waals surface area contributed by atoms with Crippen molar-refractivity contribution in [2.45, 2.75) is 83.5 Å². The van der Waals surface area contributed by atoms with Gasteiger partial charge in [0.15, 0.2) is 0 Å². The quantitative estimate of drug-likeness (QED) is 0.729. The van der Waals surface area contributed by atoms with Gasteiger partial charge in [-0.3, -0.25) is 0 Å². The van der Waals surface area contributed by atoms with Gasteiger partial charge in [0.2, 0.25) is 0 Å². The van der Waals surface area contributed by atoms with E-state index in [4.69, 9.17) is 4.74 Å². The van der Waals surface area contributed by atoms with Crippen LogP contribution in [0.1, 0.15) is 66.2 Å². The van der Waals surface area contributed by atoms with E-state index in [1.54, 1.807) is 0 Å². The maximum Gasteiger partial charge on any atom is 0.0893 e. The van der Waals surface area contributed by atoms with Crippen molar-refractivity contribution in [3.05, 3.63) is 0 Å². The van der Waals surface area contributed by atoms with Crippen LogP contribution in [0.4, 0.5) is 0 Å². The Balaban J connectivity index is 2.04. The Labute approximate surface area is 140 Å². The molecule has 23 heavy (non-hydrogen) atoms. The Bertz CT molecular complexity index is 468. The van der Waals surface area contributed by atoms with Gasteiger partial charge < -0.3 is 20.1 Å². The molecule has 0 bridgehead atoms. The summed E-state index contributed by atoms with van der Waals surface area (Å²) < 4.78 is 6.67. The zero-order valence-corrected chi connectivity index (χ0v) is 15.1. The first kappa shape index (κ1) is 17.7. The van der Waals surface area contributed by atoms with Gasteiger partial charge in [-0.15, -0.1) is 0 Å². The molecule has 7 atom stereocenters. The summed E-state index contributed by atoms with van der Waals surface area (Å²) in [5.41, 5.74) is -1.22. The van der Waals surface area contributed by atoms with Crippen molar-refractivity contribution in [3.63, 3.8) is 0 Å². The van der Waals surface area contributed by atoms with Crippen LogP contribution in [0.15, 0.2) is 0 Å². The highest BCUT2D eigenvalue weighted by Gasteiger charge is 2.68. The molecule has 2 aliphatic carbocycles. The minimum Gasteiger partial charge on any atom is -0.396 e. The van der Waals surface area contributed by atoms with Crippen molar-refractivity contribution in [1.82, 2.24) is 0 Å². The molecule has 4 nitrogen and oxygen atoms in total. The van der Waals surface area contributed by atoms with Crippen LogP contribution in [0.25, 0.3) is 0 Å². The van der Waals surface area contributed by atoms with Crippen LogP contribution in [0.3, 0.4) is 0 Å². The molecule has 1 aliphatic heterocycles. The van der Waals surface area contributed by atoms with E-state index < -0.39 is 17.1 Å². The molecule has 1 saturated heterocycles. The second kappa shape index (κ2) is 5.42. The molecule has 4 heteroatoms. The average molecular weight is 326 g/mol. The topological polar surface area (TPSA) is 69.9 Å².